The van der Waals surface area contributed by atoms with Crippen molar-refractivity contribution in [3.63, 3.8) is 0 Å². The van der Waals surface area contributed by atoms with Gasteiger partial charge in [0.05, 0.1) is 6.20 Å². The van der Waals surface area contributed by atoms with Gasteiger partial charge in [0.15, 0.2) is 11.8 Å². The molecule has 2 heterocycles. The second kappa shape index (κ2) is 8.81. The van der Waals surface area contributed by atoms with E-state index in [1.54, 1.807) is 29.7 Å². The van der Waals surface area contributed by atoms with Gasteiger partial charge in [-0.15, -0.1) is 0 Å². The number of ketones is 1. The lowest BCUT2D eigenvalue weighted by atomic mass is 10.1. The van der Waals surface area contributed by atoms with E-state index < -0.39 is 18.7 Å². The van der Waals surface area contributed by atoms with Crippen molar-refractivity contribution in [3.8, 4) is 11.4 Å². The van der Waals surface area contributed by atoms with E-state index in [1.165, 1.54) is 37.6 Å². The van der Waals surface area contributed by atoms with Gasteiger partial charge >= 0.3 is 12.6 Å². The van der Waals surface area contributed by atoms with Gasteiger partial charge in [0.2, 0.25) is 5.78 Å². The van der Waals surface area contributed by atoms with E-state index in [2.05, 4.69) is 14.7 Å². The molecule has 0 radical (unpaired) electrons. The Labute approximate surface area is 171 Å². The average molecular weight is 415 g/mol. The summed E-state index contributed by atoms with van der Waals surface area (Å²) in [6, 6.07) is 7.77. The third-order valence-electron chi connectivity index (χ3n) is 4.44. The third-order valence-corrected chi connectivity index (χ3v) is 4.44. The smallest absolute Gasteiger partial charge is 0.387 e. The first kappa shape index (κ1) is 21.1. The molecule has 0 amide bonds. The Morgan fingerprint density at radius 2 is 1.80 bits per heavy atom. The number of benzene rings is 1. The van der Waals surface area contributed by atoms with Gasteiger partial charge in [0, 0.05) is 35.0 Å². The molecule has 0 saturated carbocycles. The topological polar surface area (TPSA) is 83.3 Å². The van der Waals surface area contributed by atoms with Crippen molar-refractivity contribution in [1.82, 2.24) is 14.5 Å². The molecule has 0 aliphatic carbocycles. The van der Waals surface area contributed by atoms with Crippen LogP contribution in [0, 0.1) is 13.8 Å². The Hall–Kier alpha value is -3.62. The molecule has 0 bridgehead atoms. The van der Waals surface area contributed by atoms with Crippen LogP contribution in [0.25, 0.3) is 5.69 Å². The Bertz CT molecular complexity index is 1050. The highest BCUT2D eigenvalue weighted by atomic mass is 19.3. The Kier molecular flexibility index (Phi) is 6.20. The van der Waals surface area contributed by atoms with E-state index in [9.17, 15) is 18.4 Å². The van der Waals surface area contributed by atoms with E-state index in [0.29, 0.717) is 16.9 Å². The summed E-state index contributed by atoms with van der Waals surface area (Å²) in [5, 5.41) is 0. The Balaban J connectivity index is 1.80. The van der Waals surface area contributed by atoms with Crippen LogP contribution in [0.1, 0.15) is 39.2 Å². The van der Waals surface area contributed by atoms with E-state index in [-0.39, 0.29) is 17.2 Å². The van der Waals surface area contributed by atoms with Gasteiger partial charge in [-0.25, -0.2) is 9.78 Å². The van der Waals surface area contributed by atoms with Crippen molar-refractivity contribution in [3.05, 3.63) is 71.6 Å². The molecular weight excluding hydrogens is 396 g/mol. The Morgan fingerprint density at radius 1 is 1.10 bits per heavy atom. The normalized spacial score (nSPS) is 11.9. The molecule has 0 saturated heterocycles. The van der Waals surface area contributed by atoms with Crippen LogP contribution in [0.3, 0.4) is 0 Å². The van der Waals surface area contributed by atoms with Crippen LogP contribution in [-0.2, 0) is 4.74 Å². The maximum Gasteiger partial charge on any atom is 0.387 e. The van der Waals surface area contributed by atoms with Gasteiger partial charge in [-0.1, -0.05) is 0 Å². The van der Waals surface area contributed by atoms with Crippen LogP contribution in [-0.4, -0.2) is 39.0 Å². The quantitative estimate of drug-likeness (QED) is 0.430. The molecule has 0 N–H and O–H groups in total. The number of Topliss-reactive ketones (excluding diaryl/α,β-unsaturated/α-hetero) is 1. The highest BCUT2D eigenvalue weighted by molar-refractivity contribution is 6.02. The van der Waals surface area contributed by atoms with E-state index in [1.807, 2.05) is 6.92 Å². The number of ether oxygens (including phenoxy) is 2. The molecule has 1 atom stereocenters. The Morgan fingerprint density at radius 3 is 2.40 bits per heavy atom. The molecule has 7 nitrogen and oxygen atoms in total. The van der Waals surface area contributed by atoms with Crippen LogP contribution in [0.2, 0.25) is 0 Å². The standard InChI is InChI=1S/C21H19F2N3O4/c1-12-10-17(19(27)14(3)29-20(28)18-11-24-8-9-25-18)13(2)26(12)15-4-6-16(7-5-15)30-21(22)23/h4-11,14,21H,1-3H3/t14-/m1/s1. The minimum Gasteiger partial charge on any atom is -0.449 e. The number of aromatic nitrogens is 3. The van der Waals surface area contributed by atoms with Crippen molar-refractivity contribution in [1.29, 1.82) is 0 Å². The molecule has 3 rings (SSSR count). The van der Waals surface area contributed by atoms with Gasteiger partial charge in [0.25, 0.3) is 0 Å². The number of aryl methyl sites for hydroxylation is 1. The van der Waals surface area contributed by atoms with Crippen molar-refractivity contribution in [2.24, 2.45) is 0 Å². The number of rotatable bonds is 7. The lowest BCUT2D eigenvalue weighted by Crippen LogP contribution is -2.25. The van der Waals surface area contributed by atoms with Crippen molar-refractivity contribution in [2.45, 2.75) is 33.5 Å². The first-order chi connectivity index (χ1) is 14.3. The summed E-state index contributed by atoms with van der Waals surface area (Å²) < 4.78 is 36.1. The van der Waals surface area contributed by atoms with Crippen LogP contribution in [0.5, 0.6) is 5.75 Å². The highest BCUT2D eigenvalue weighted by Gasteiger charge is 2.25. The van der Waals surface area contributed by atoms with Gasteiger partial charge in [0.1, 0.15) is 5.75 Å². The monoisotopic (exact) mass is 415 g/mol. The number of carbonyl (C=O) groups excluding carboxylic acids is 2. The van der Waals surface area contributed by atoms with Crippen molar-refractivity contribution < 1.29 is 27.8 Å². The van der Waals surface area contributed by atoms with Gasteiger partial charge in [-0.05, 0) is 51.1 Å². The molecule has 156 valence electrons. The van der Waals surface area contributed by atoms with Crippen LogP contribution in [0.4, 0.5) is 8.78 Å². The molecule has 30 heavy (non-hydrogen) atoms. The van der Waals surface area contributed by atoms with E-state index in [4.69, 9.17) is 4.74 Å². The summed E-state index contributed by atoms with van der Waals surface area (Å²) in [5.41, 5.74) is 2.46. The summed E-state index contributed by atoms with van der Waals surface area (Å²) in [6.07, 6.45) is 3.00. The molecule has 3 aromatic rings. The molecule has 9 heteroatoms. The summed E-state index contributed by atoms with van der Waals surface area (Å²) in [6.45, 7) is 2.14. The van der Waals surface area contributed by atoms with Crippen molar-refractivity contribution >= 4 is 11.8 Å². The zero-order valence-corrected chi connectivity index (χ0v) is 16.5. The second-order valence-corrected chi connectivity index (χ2v) is 6.50. The predicted molar refractivity (Wildman–Crippen MR) is 103 cm³/mol. The summed E-state index contributed by atoms with van der Waals surface area (Å²) >= 11 is 0. The maximum absolute atomic E-state index is 12.9. The second-order valence-electron chi connectivity index (χ2n) is 6.50. The minimum absolute atomic E-state index is 0.00808. The van der Waals surface area contributed by atoms with Gasteiger partial charge < -0.3 is 14.0 Å². The number of hydrogen-bond donors (Lipinski definition) is 0. The zero-order chi connectivity index (χ0) is 21.8. The fourth-order valence-corrected chi connectivity index (χ4v) is 3.08. The SMILES string of the molecule is Cc1cc(C(=O)[C@@H](C)OC(=O)c2cnccn2)c(C)n1-c1ccc(OC(F)F)cc1. The number of nitrogens with zero attached hydrogens (tertiary/aromatic N) is 3. The summed E-state index contributed by atoms with van der Waals surface area (Å²) in [7, 11) is 0. The van der Waals surface area contributed by atoms with Crippen LogP contribution < -0.4 is 4.74 Å². The zero-order valence-electron chi connectivity index (χ0n) is 16.5. The largest absolute Gasteiger partial charge is 0.449 e. The first-order valence-corrected chi connectivity index (χ1v) is 9.03. The fraction of sp³-hybridized carbons (Fsp3) is 0.238. The molecule has 0 aliphatic rings. The number of alkyl halides is 2. The fourth-order valence-electron chi connectivity index (χ4n) is 3.08. The molecular formula is C21H19F2N3O4. The first-order valence-electron chi connectivity index (χ1n) is 9.03. The van der Waals surface area contributed by atoms with E-state index in [0.717, 1.165) is 5.69 Å². The van der Waals surface area contributed by atoms with Gasteiger partial charge in [-0.2, -0.15) is 8.78 Å². The van der Waals surface area contributed by atoms with Crippen molar-refractivity contribution in [2.75, 3.05) is 0 Å². The van der Waals surface area contributed by atoms with Crippen LogP contribution >= 0.6 is 0 Å². The van der Waals surface area contributed by atoms with Gasteiger partial charge in [-0.3, -0.25) is 9.78 Å². The number of carbonyl (C=O) groups is 2. The van der Waals surface area contributed by atoms with E-state index >= 15 is 0 Å². The molecule has 0 aliphatic heterocycles. The molecule has 0 spiro atoms. The average Bonchev–Trinajstić information content (AvgIpc) is 3.02. The van der Waals surface area contributed by atoms with Crippen LogP contribution in [0.15, 0.2) is 48.9 Å². The molecule has 2 aromatic heterocycles. The maximum atomic E-state index is 12.9. The molecule has 0 fully saturated rings. The number of hydrogen-bond acceptors (Lipinski definition) is 6. The number of esters is 1. The molecule has 1 aromatic carbocycles. The minimum atomic E-state index is -2.90. The third kappa shape index (κ3) is 4.51. The summed E-state index contributed by atoms with van der Waals surface area (Å²) in [4.78, 5) is 32.7. The lowest BCUT2D eigenvalue weighted by Gasteiger charge is -2.13. The number of halogens is 2. The predicted octanol–water partition coefficient (Wildman–Crippen LogP) is 3.91. The summed E-state index contributed by atoms with van der Waals surface area (Å²) in [5.74, 6) is -1.08. The highest BCUT2D eigenvalue weighted by Crippen LogP contribution is 2.25. The molecule has 0 unspecified atom stereocenters. The lowest BCUT2D eigenvalue weighted by molar-refractivity contribution is -0.0498.